The molecule has 0 radical (unpaired) electrons. The van der Waals surface area contributed by atoms with Crippen LogP contribution in [0.2, 0.25) is 0 Å². The van der Waals surface area contributed by atoms with E-state index in [0.717, 1.165) is 45.9 Å². The summed E-state index contributed by atoms with van der Waals surface area (Å²) < 4.78 is 5.21. The third-order valence-corrected chi connectivity index (χ3v) is 5.72. The van der Waals surface area contributed by atoms with Crippen molar-refractivity contribution in [3.05, 3.63) is 30.1 Å². The Morgan fingerprint density at radius 1 is 1.26 bits per heavy atom. The molecule has 2 saturated heterocycles. The Bertz CT molecular complexity index is 474. The van der Waals surface area contributed by atoms with E-state index in [2.05, 4.69) is 26.9 Å². The van der Waals surface area contributed by atoms with Crippen LogP contribution in [0.25, 0.3) is 0 Å². The summed E-state index contributed by atoms with van der Waals surface area (Å²) in [7, 11) is 1.76. The molecule has 1 spiro atoms. The van der Waals surface area contributed by atoms with Crippen molar-refractivity contribution in [2.24, 2.45) is 11.3 Å². The van der Waals surface area contributed by atoms with E-state index in [9.17, 15) is 5.11 Å². The van der Waals surface area contributed by atoms with Gasteiger partial charge in [0.15, 0.2) is 0 Å². The van der Waals surface area contributed by atoms with Crippen LogP contribution in [0, 0.1) is 11.3 Å². The van der Waals surface area contributed by atoms with Gasteiger partial charge in [0.1, 0.15) is 0 Å². The average molecular weight is 319 g/mol. The molecule has 1 unspecified atom stereocenters. The summed E-state index contributed by atoms with van der Waals surface area (Å²) in [6.45, 7) is 7.46. The molecule has 3 rings (SSSR count). The highest BCUT2D eigenvalue weighted by atomic mass is 16.5. The second-order valence-electron chi connectivity index (χ2n) is 7.10. The Morgan fingerprint density at radius 2 is 2.00 bits per heavy atom. The van der Waals surface area contributed by atoms with Gasteiger partial charge in [0.05, 0.1) is 6.61 Å². The molecule has 2 aliphatic heterocycles. The standard InChI is InChI=1S/C18H29N3O2/c1-23-11-10-21-13-17(14-22)18(15-21)4-8-20(9-5-18)12-16-2-6-19-7-3-16/h2-3,6-7,17,22H,4-5,8-15H2,1H3. The van der Waals surface area contributed by atoms with E-state index >= 15 is 0 Å². The maximum Gasteiger partial charge on any atom is 0.0589 e. The van der Waals surface area contributed by atoms with Crippen molar-refractivity contribution in [3.63, 3.8) is 0 Å². The number of aliphatic hydroxyl groups is 1. The van der Waals surface area contributed by atoms with Crippen LogP contribution in [0.4, 0.5) is 0 Å². The normalized spacial score (nSPS) is 25.2. The van der Waals surface area contributed by atoms with Gasteiger partial charge in [-0.3, -0.25) is 9.88 Å². The van der Waals surface area contributed by atoms with Gasteiger partial charge in [0.25, 0.3) is 0 Å². The largest absolute Gasteiger partial charge is 0.396 e. The highest BCUT2D eigenvalue weighted by Crippen LogP contribution is 2.44. The lowest BCUT2D eigenvalue weighted by Gasteiger charge is -2.42. The van der Waals surface area contributed by atoms with Crippen molar-refractivity contribution in [1.82, 2.24) is 14.8 Å². The molecule has 2 aliphatic rings. The highest BCUT2D eigenvalue weighted by Gasteiger charge is 2.47. The molecule has 1 N–H and O–H groups in total. The van der Waals surface area contributed by atoms with Gasteiger partial charge in [-0.15, -0.1) is 0 Å². The minimum absolute atomic E-state index is 0.303. The number of piperidine rings is 1. The first-order valence-electron chi connectivity index (χ1n) is 8.69. The van der Waals surface area contributed by atoms with Gasteiger partial charge in [-0.05, 0) is 49.0 Å². The number of methoxy groups -OCH3 is 1. The number of pyridine rings is 1. The monoisotopic (exact) mass is 319 g/mol. The summed E-state index contributed by atoms with van der Waals surface area (Å²) in [6, 6.07) is 4.20. The van der Waals surface area contributed by atoms with Crippen LogP contribution in [-0.4, -0.2) is 72.9 Å². The minimum atomic E-state index is 0.303. The van der Waals surface area contributed by atoms with Gasteiger partial charge in [0, 0.05) is 58.2 Å². The quantitative estimate of drug-likeness (QED) is 0.855. The van der Waals surface area contributed by atoms with Gasteiger partial charge < -0.3 is 14.7 Å². The first kappa shape index (κ1) is 16.8. The van der Waals surface area contributed by atoms with Crippen molar-refractivity contribution in [2.45, 2.75) is 19.4 Å². The number of rotatable bonds is 6. The molecule has 5 nitrogen and oxygen atoms in total. The topological polar surface area (TPSA) is 48.8 Å². The van der Waals surface area contributed by atoms with Crippen molar-refractivity contribution < 1.29 is 9.84 Å². The summed E-state index contributed by atoms with van der Waals surface area (Å²) in [5, 5.41) is 9.85. The lowest BCUT2D eigenvalue weighted by molar-refractivity contribution is 0.0477. The predicted octanol–water partition coefficient (Wildman–Crippen LogP) is 1.23. The van der Waals surface area contributed by atoms with Crippen molar-refractivity contribution in [3.8, 4) is 0 Å². The molecular weight excluding hydrogens is 290 g/mol. The number of aromatic nitrogens is 1. The molecule has 0 saturated carbocycles. The van der Waals surface area contributed by atoms with Crippen LogP contribution in [-0.2, 0) is 11.3 Å². The van der Waals surface area contributed by atoms with E-state index in [1.54, 1.807) is 7.11 Å². The molecule has 23 heavy (non-hydrogen) atoms. The van der Waals surface area contributed by atoms with Crippen molar-refractivity contribution in [1.29, 1.82) is 0 Å². The zero-order valence-corrected chi connectivity index (χ0v) is 14.2. The van der Waals surface area contributed by atoms with Gasteiger partial charge >= 0.3 is 0 Å². The number of hydrogen-bond donors (Lipinski definition) is 1. The fourth-order valence-corrected chi connectivity index (χ4v) is 4.26. The Morgan fingerprint density at radius 3 is 2.65 bits per heavy atom. The first-order valence-corrected chi connectivity index (χ1v) is 8.69. The number of aliphatic hydroxyl groups excluding tert-OH is 1. The number of nitrogens with zero attached hydrogens (tertiary/aromatic N) is 3. The Balaban J connectivity index is 1.56. The molecular formula is C18H29N3O2. The Kier molecular flexibility index (Phi) is 5.64. The second kappa shape index (κ2) is 7.71. The number of ether oxygens (including phenoxy) is 1. The fraction of sp³-hybridized carbons (Fsp3) is 0.722. The van der Waals surface area contributed by atoms with Gasteiger partial charge in [-0.2, -0.15) is 0 Å². The summed E-state index contributed by atoms with van der Waals surface area (Å²) in [6.07, 6.45) is 6.11. The maximum atomic E-state index is 9.85. The SMILES string of the molecule is COCCN1CC(CO)C2(CCN(Cc3ccncc3)CC2)C1. The van der Waals surface area contributed by atoms with E-state index in [4.69, 9.17) is 4.74 Å². The van der Waals surface area contributed by atoms with Crippen LogP contribution in [0.5, 0.6) is 0 Å². The molecule has 0 aromatic carbocycles. The third-order valence-electron chi connectivity index (χ3n) is 5.72. The lowest BCUT2D eigenvalue weighted by Crippen LogP contribution is -2.44. The van der Waals surface area contributed by atoms with E-state index in [1.807, 2.05) is 12.4 Å². The van der Waals surface area contributed by atoms with Crippen LogP contribution in [0.3, 0.4) is 0 Å². The van der Waals surface area contributed by atoms with Crippen LogP contribution < -0.4 is 0 Å². The third kappa shape index (κ3) is 3.91. The van der Waals surface area contributed by atoms with Gasteiger partial charge in [0.2, 0.25) is 0 Å². The van der Waals surface area contributed by atoms with Crippen LogP contribution in [0.15, 0.2) is 24.5 Å². The van der Waals surface area contributed by atoms with E-state index in [1.165, 1.54) is 18.4 Å². The molecule has 1 aromatic heterocycles. The maximum absolute atomic E-state index is 9.85. The predicted molar refractivity (Wildman–Crippen MR) is 90.1 cm³/mol. The lowest BCUT2D eigenvalue weighted by atomic mass is 9.71. The van der Waals surface area contributed by atoms with Crippen molar-refractivity contribution in [2.75, 3.05) is 53.0 Å². The zero-order valence-electron chi connectivity index (χ0n) is 14.2. The van der Waals surface area contributed by atoms with E-state index < -0.39 is 0 Å². The minimum Gasteiger partial charge on any atom is -0.396 e. The Labute approximate surface area is 139 Å². The summed E-state index contributed by atoms with van der Waals surface area (Å²) in [5.41, 5.74) is 1.64. The van der Waals surface area contributed by atoms with E-state index in [-0.39, 0.29) is 0 Å². The second-order valence-corrected chi connectivity index (χ2v) is 7.10. The summed E-state index contributed by atoms with van der Waals surface area (Å²) in [4.78, 5) is 9.10. The van der Waals surface area contributed by atoms with Crippen LogP contribution in [0.1, 0.15) is 18.4 Å². The molecule has 0 aliphatic carbocycles. The molecule has 1 aromatic rings. The molecule has 2 fully saturated rings. The summed E-state index contributed by atoms with van der Waals surface area (Å²) >= 11 is 0. The highest BCUT2D eigenvalue weighted by molar-refractivity contribution is 5.10. The summed E-state index contributed by atoms with van der Waals surface area (Å²) in [5.74, 6) is 0.419. The molecule has 0 amide bonds. The van der Waals surface area contributed by atoms with Crippen LogP contribution >= 0.6 is 0 Å². The molecule has 3 heterocycles. The Hall–Kier alpha value is -1.01. The fourth-order valence-electron chi connectivity index (χ4n) is 4.26. The molecule has 128 valence electrons. The average Bonchev–Trinajstić information content (AvgIpc) is 2.93. The zero-order chi connectivity index (χ0) is 16.1. The number of likely N-dealkylation sites (tertiary alicyclic amines) is 2. The molecule has 0 bridgehead atoms. The molecule has 1 atom stereocenters. The van der Waals surface area contributed by atoms with Gasteiger partial charge in [-0.1, -0.05) is 0 Å². The molecule has 5 heteroatoms. The number of hydrogen-bond acceptors (Lipinski definition) is 5. The first-order chi connectivity index (χ1) is 11.3. The smallest absolute Gasteiger partial charge is 0.0589 e. The van der Waals surface area contributed by atoms with Gasteiger partial charge in [-0.25, -0.2) is 0 Å². The van der Waals surface area contributed by atoms with E-state index in [0.29, 0.717) is 17.9 Å². The van der Waals surface area contributed by atoms with Crippen molar-refractivity contribution >= 4 is 0 Å².